The number of aromatic nitrogens is 4. The topological polar surface area (TPSA) is 94.3 Å². The van der Waals surface area contributed by atoms with E-state index in [9.17, 15) is 14.0 Å². The molecular weight excluding hydrogens is 391 g/mol. The second-order valence-corrected chi connectivity index (χ2v) is 7.20. The lowest BCUT2D eigenvalue weighted by molar-refractivity contribution is -0.122. The molecule has 1 aliphatic rings. The fourth-order valence-electron chi connectivity index (χ4n) is 3.63. The number of fused-ring (bicyclic) bond motifs is 1. The highest BCUT2D eigenvalue weighted by molar-refractivity contribution is 5.77. The van der Waals surface area contributed by atoms with Gasteiger partial charge in [0.15, 0.2) is 5.65 Å². The first-order chi connectivity index (χ1) is 14.5. The lowest BCUT2D eigenvalue weighted by Crippen LogP contribution is -2.44. The van der Waals surface area contributed by atoms with Crippen molar-refractivity contribution in [3.05, 3.63) is 58.5 Å². The van der Waals surface area contributed by atoms with E-state index in [1.807, 2.05) is 0 Å². The van der Waals surface area contributed by atoms with E-state index in [4.69, 9.17) is 4.74 Å². The van der Waals surface area contributed by atoms with Crippen molar-refractivity contribution in [2.45, 2.75) is 12.6 Å². The quantitative estimate of drug-likeness (QED) is 0.630. The van der Waals surface area contributed by atoms with Crippen molar-refractivity contribution in [2.24, 2.45) is 7.05 Å². The maximum atomic E-state index is 13.4. The van der Waals surface area contributed by atoms with Crippen molar-refractivity contribution in [3.63, 3.8) is 0 Å². The molecule has 9 nitrogen and oxygen atoms in total. The number of ether oxygens (including phenoxy) is 1. The molecule has 3 heterocycles. The Labute approximate surface area is 172 Å². The second-order valence-electron chi connectivity index (χ2n) is 7.20. The van der Waals surface area contributed by atoms with Crippen LogP contribution in [0.15, 0.2) is 41.6 Å². The van der Waals surface area contributed by atoms with Crippen molar-refractivity contribution in [3.8, 4) is 0 Å². The molecule has 0 spiro atoms. The minimum absolute atomic E-state index is 0.117. The van der Waals surface area contributed by atoms with Crippen LogP contribution in [0.5, 0.6) is 0 Å². The number of rotatable bonds is 6. The number of carbonyl (C=O) groups excluding carboxylic acids is 1. The third kappa shape index (κ3) is 4.24. The van der Waals surface area contributed by atoms with Gasteiger partial charge in [0.1, 0.15) is 24.1 Å². The Morgan fingerprint density at radius 2 is 2.00 bits per heavy atom. The third-order valence-electron chi connectivity index (χ3n) is 5.27. The zero-order valence-corrected chi connectivity index (χ0v) is 16.6. The van der Waals surface area contributed by atoms with Gasteiger partial charge in [-0.15, -0.1) is 0 Å². The summed E-state index contributed by atoms with van der Waals surface area (Å²) in [4.78, 5) is 31.5. The molecule has 1 aliphatic heterocycles. The first-order valence-electron chi connectivity index (χ1n) is 9.74. The summed E-state index contributed by atoms with van der Waals surface area (Å²) in [5.41, 5.74) is 1.07. The number of hydrogen-bond acceptors (Lipinski definition) is 6. The first kappa shape index (κ1) is 20.2. The molecule has 0 radical (unpaired) electrons. The van der Waals surface area contributed by atoms with E-state index in [-0.39, 0.29) is 29.9 Å². The summed E-state index contributed by atoms with van der Waals surface area (Å²) in [5.74, 6) is -0.608. The fraction of sp³-hybridized carbons (Fsp3) is 0.400. The Bertz CT molecular complexity index is 1090. The van der Waals surface area contributed by atoms with Gasteiger partial charge in [-0.05, 0) is 17.7 Å². The van der Waals surface area contributed by atoms with E-state index in [2.05, 4.69) is 20.3 Å². The van der Waals surface area contributed by atoms with Crippen LogP contribution < -0.4 is 10.9 Å². The Morgan fingerprint density at radius 3 is 2.73 bits per heavy atom. The van der Waals surface area contributed by atoms with Crippen molar-refractivity contribution >= 4 is 16.9 Å². The van der Waals surface area contributed by atoms with E-state index in [0.717, 1.165) is 18.7 Å². The SMILES string of the molecule is Cn1ncc2c(=O)n(CC(=O)NCC(c3ccc(F)cc3)N3CCOCC3)cnc21. The lowest BCUT2D eigenvalue weighted by Gasteiger charge is -2.35. The molecule has 1 saturated heterocycles. The van der Waals surface area contributed by atoms with Gasteiger partial charge in [0.05, 0.1) is 25.5 Å². The van der Waals surface area contributed by atoms with E-state index in [1.54, 1.807) is 19.2 Å². The maximum Gasteiger partial charge on any atom is 0.264 e. The van der Waals surface area contributed by atoms with E-state index in [1.165, 1.54) is 33.9 Å². The smallest absolute Gasteiger partial charge is 0.264 e. The molecule has 1 fully saturated rings. The number of benzene rings is 1. The largest absolute Gasteiger partial charge is 0.379 e. The van der Waals surface area contributed by atoms with Crippen LogP contribution in [0, 0.1) is 5.82 Å². The monoisotopic (exact) mass is 414 g/mol. The fourth-order valence-corrected chi connectivity index (χ4v) is 3.63. The Hall–Kier alpha value is -3.11. The molecule has 1 atom stereocenters. The minimum Gasteiger partial charge on any atom is -0.379 e. The summed E-state index contributed by atoms with van der Waals surface area (Å²) in [5, 5.41) is 7.29. The number of carbonyl (C=O) groups is 1. The summed E-state index contributed by atoms with van der Waals surface area (Å²) in [6.07, 6.45) is 2.80. The standard InChI is InChI=1S/C20H23FN6O3/c1-25-19-16(10-24-25)20(29)27(13-23-19)12-18(28)22-11-17(26-6-8-30-9-7-26)14-2-4-15(21)5-3-14/h2-5,10,13,17H,6-9,11-12H2,1H3,(H,22,28). The van der Waals surface area contributed by atoms with E-state index < -0.39 is 0 Å². The van der Waals surface area contributed by atoms with Gasteiger partial charge >= 0.3 is 0 Å². The molecule has 0 bridgehead atoms. The number of amides is 1. The molecular formula is C20H23FN6O3. The van der Waals surface area contributed by atoms with Gasteiger partial charge in [-0.2, -0.15) is 5.10 Å². The minimum atomic E-state index is -0.313. The van der Waals surface area contributed by atoms with Gasteiger partial charge in [-0.3, -0.25) is 23.7 Å². The number of halogens is 1. The number of nitrogens with zero attached hydrogens (tertiary/aromatic N) is 5. The highest BCUT2D eigenvalue weighted by Gasteiger charge is 2.23. The van der Waals surface area contributed by atoms with Gasteiger partial charge in [0, 0.05) is 26.7 Å². The molecule has 0 saturated carbocycles. The number of morpholine rings is 1. The molecule has 1 N–H and O–H groups in total. The number of nitrogens with one attached hydrogen (secondary N) is 1. The van der Waals surface area contributed by atoms with Gasteiger partial charge in [0.25, 0.3) is 5.56 Å². The van der Waals surface area contributed by atoms with Crippen LogP contribution in [-0.2, 0) is 23.1 Å². The highest BCUT2D eigenvalue weighted by atomic mass is 19.1. The van der Waals surface area contributed by atoms with Crippen molar-refractivity contribution in [1.29, 1.82) is 0 Å². The van der Waals surface area contributed by atoms with Crippen LogP contribution in [0.3, 0.4) is 0 Å². The van der Waals surface area contributed by atoms with Crippen molar-refractivity contribution in [1.82, 2.24) is 29.5 Å². The average molecular weight is 414 g/mol. The van der Waals surface area contributed by atoms with Crippen LogP contribution in [-0.4, -0.2) is 63.0 Å². The molecule has 1 aromatic carbocycles. The molecule has 1 amide bonds. The summed E-state index contributed by atoms with van der Waals surface area (Å²) in [6, 6.07) is 6.17. The first-order valence-corrected chi connectivity index (χ1v) is 9.74. The van der Waals surface area contributed by atoms with Crippen LogP contribution in [0.4, 0.5) is 4.39 Å². The Balaban J connectivity index is 1.46. The van der Waals surface area contributed by atoms with E-state index >= 15 is 0 Å². The molecule has 1 unspecified atom stereocenters. The molecule has 158 valence electrons. The van der Waals surface area contributed by atoms with Crippen LogP contribution in [0.2, 0.25) is 0 Å². The van der Waals surface area contributed by atoms with Gasteiger partial charge in [-0.1, -0.05) is 12.1 Å². The molecule has 30 heavy (non-hydrogen) atoms. The Kier molecular flexibility index (Phi) is 5.86. The summed E-state index contributed by atoms with van der Waals surface area (Å²) < 4.78 is 21.5. The molecule has 2 aromatic heterocycles. The normalized spacial score (nSPS) is 15.9. The van der Waals surface area contributed by atoms with Crippen molar-refractivity contribution in [2.75, 3.05) is 32.8 Å². The predicted octanol–water partition coefficient (Wildman–Crippen LogP) is 0.459. The summed E-state index contributed by atoms with van der Waals surface area (Å²) in [7, 11) is 1.70. The zero-order chi connectivity index (χ0) is 21.1. The van der Waals surface area contributed by atoms with Gasteiger partial charge in [-0.25, -0.2) is 9.37 Å². The summed E-state index contributed by atoms with van der Waals surface area (Å²) >= 11 is 0. The zero-order valence-electron chi connectivity index (χ0n) is 16.6. The predicted molar refractivity (Wildman–Crippen MR) is 107 cm³/mol. The van der Waals surface area contributed by atoms with Crippen LogP contribution in [0.25, 0.3) is 11.0 Å². The van der Waals surface area contributed by atoms with Crippen LogP contribution in [0.1, 0.15) is 11.6 Å². The second kappa shape index (κ2) is 8.72. The lowest BCUT2D eigenvalue weighted by atomic mass is 10.0. The van der Waals surface area contributed by atoms with Gasteiger partial charge in [0.2, 0.25) is 5.91 Å². The number of hydrogen-bond donors (Lipinski definition) is 1. The highest BCUT2D eigenvalue weighted by Crippen LogP contribution is 2.21. The third-order valence-corrected chi connectivity index (χ3v) is 5.27. The molecule has 0 aliphatic carbocycles. The van der Waals surface area contributed by atoms with Crippen LogP contribution >= 0.6 is 0 Å². The summed E-state index contributed by atoms with van der Waals surface area (Å²) in [6.45, 7) is 2.85. The van der Waals surface area contributed by atoms with E-state index in [0.29, 0.717) is 30.8 Å². The average Bonchev–Trinajstić information content (AvgIpc) is 3.14. The Morgan fingerprint density at radius 1 is 1.27 bits per heavy atom. The molecule has 4 rings (SSSR count). The van der Waals surface area contributed by atoms with Gasteiger partial charge < -0.3 is 10.1 Å². The molecule has 3 aromatic rings. The van der Waals surface area contributed by atoms with Crippen molar-refractivity contribution < 1.29 is 13.9 Å². The maximum absolute atomic E-state index is 13.4. The number of aryl methyl sites for hydroxylation is 1. The molecule has 10 heteroatoms.